The van der Waals surface area contributed by atoms with E-state index in [9.17, 15) is 8.42 Å². The van der Waals surface area contributed by atoms with Gasteiger partial charge < -0.3 is 4.90 Å². The Morgan fingerprint density at radius 2 is 2.00 bits per heavy atom. The molecule has 0 spiro atoms. The van der Waals surface area contributed by atoms with Gasteiger partial charge in [0.1, 0.15) is 0 Å². The quantitative estimate of drug-likeness (QED) is 0.792. The van der Waals surface area contributed by atoms with Crippen molar-refractivity contribution in [3.8, 4) is 0 Å². The number of piperazine rings is 1. The summed E-state index contributed by atoms with van der Waals surface area (Å²) in [6.07, 6.45) is 0. The second-order valence-corrected chi connectivity index (χ2v) is 7.29. The maximum atomic E-state index is 12.3. The lowest BCUT2D eigenvalue weighted by Gasteiger charge is -2.31. The Hall–Kier alpha value is -0.140. The van der Waals surface area contributed by atoms with E-state index in [1.165, 1.54) is 11.3 Å². The van der Waals surface area contributed by atoms with Crippen molar-refractivity contribution in [3.63, 3.8) is 0 Å². The van der Waals surface area contributed by atoms with Crippen molar-refractivity contribution in [2.24, 2.45) is 0 Å². The highest BCUT2D eigenvalue weighted by molar-refractivity contribution is 7.89. The largest absolute Gasteiger partial charge is 0.304 e. The monoisotopic (exact) mass is 294 g/mol. The normalized spacial score (nSPS) is 19.6. The number of halogens is 1. The molecule has 1 aliphatic rings. The van der Waals surface area contributed by atoms with Crippen LogP contribution in [0.5, 0.6) is 0 Å². The van der Waals surface area contributed by atoms with E-state index < -0.39 is 10.0 Å². The average Bonchev–Trinajstić information content (AvgIpc) is 2.78. The van der Waals surface area contributed by atoms with Crippen LogP contribution in [-0.2, 0) is 15.9 Å². The average molecular weight is 295 g/mol. The van der Waals surface area contributed by atoms with Gasteiger partial charge in [-0.2, -0.15) is 4.31 Å². The Morgan fingerprint density at radius 1 is 1.35 bits per heavy atom. The summed E-state index contributed by atoms with van der Waals surface area (Å²) in [7, 11) is -1.32. The molecule has 0 saturated carbocycles. The van der Waals surface area contributed by atoms with Gasteiger partial charge in [-0.05, 0) is 13.1 Å². The third-order valence-corrected chi connectivity index (χ3v) is 6.27. The van der Waals surface area contributed by atoms with E-state index in [0.717, 1.165) is 18.0 Å². The van der Waals surface area contributed by atoms with E-state index in [-0.39, 0.29) is 0 Å². The Kier molecular flexibility index (Phi) is 4.10. The molecule has 0 unspecified atom stereocenters. The van der Waals surface area contributed by atoms with E-state index in [2.05, 4.69) is 4.90 Å². The first-order chi connectivity index (χ1) is 8.04. The van der Waals surface area contributed by atoms with Gasteiger partial charge in [0.2, 0.25) is 10.0 Å². The first kappa shape index (κ1) is 13.3. The molecule has 0 aromatic carbocycles. The van der Waals surface area contributed by atoms with E-state index in [1.54, 1.807) is 15.8 Å². The number of likely N-dealkylation sites (N-methyl/N-ethyl adjacent to an activating group) is 1. The van der Waals surface area contributed by atoms with Crippen molar-refractivity contribution in [2.45, 2.75) is 10.8 Å². The summed E-state index contributed by atoms with van der Waals surface area (Å²) in [5.41, 5.74) is 0. The fourth-order valence-corrected chi connectivity index (χ4v) is 4.54. The topological polar surface area (TPSA) is 40.6 Å². The van der Waals surface area contributed by atoms with E-state index in [4.69, 9.17) is 11.6 Å². The van der Waals surface area contributed by atoms with Gasteiger partial charge in [-0.3, -0.25) is 0 Å². The maximum absolute atomic E-state index is 12.3. The minimum absolute atomic E-state index is 0.364. The number of rotatable bonds is 3. The smallest absolute Gasteiger partial charge is 0.243 e. The summed E-state index contributed by atoms with van der Waals surface area (Å²) in [6, 6.07) is 1.67. The fourth-order valence-electron chi connectivity index (χ4n) is 1.74. The van der Waals surface area contributed by atoms with Crippen LogP contribution >= 0.6 is 22.9 Å². The molecular weight excluding hydrogens is 280 g/mol. The first-order valence-electron chi connectivity index (χ1n) is 5.36. The van der Waals surface area contributed by atoms with Crippen molar-refractivity contribution < 1.29 is 8.42 Å². The van der Waals surface area contributed by atoms with Gasteiger partial charge in [0.15, 0.2) is 0 Å². The molecule has 1 aliphatic heterocycles. The summed E-state index contributed by atoms with van der Waals surface area (Å²) in [6.45, 7) is 2.69. The molecule has 0 bridgehead atoms. The number of hydrogen-bond donors (Lipinski definition) is 0. The molecular formula is C10H15ClN2O2S2. The minimum Gasteiger partial charge on any atom is -0.304 e. The highest BCUT2D eigenvalue weighted by Crippen LogP contribution is 2.24. The van der Waals surface area contributed by atoms with Crippen LogP contribution in [0, 0.1) is 0 Å². The first-order valence-corrected chi connectivity index (χ1v) is 8.21. The summed E-state index contributed by atoms with van der Waals surface area (Å²) in [5, 5.41) is 1.67. The highest BCUT2D eigenvalue weighted by Gasteiger charge is 2.28. The van der Waals surface area contributed by atoms with Crippen LogP contribution in [0.4, 0.5) is 0 Å². The molecule has 1 saturated heterocycles. The number of hydrogen-bond acceptors (Lipinski definition) is 4. The molecule has 1 aromatic heterocycles. The molecule has 0 aliphatic carbocycles. The number of nitrogens with zero attached hydrogens (tertiary/aromatic N) is 2. The predicted octanol–water partition coefficient (Wildman–Crippen LogP) is 1.42. The summed E-state index contributed by atoms with van der Waals surface area (Å²) >= 11 is 7.08. The molecule has 17 heavy (non-hydrogen) atoms. The standard InChI is InChI=1S/C10H15ClN2O2S2/c1-12-2-4-13(5-3-12)17(14,15)10-6-9(7-11)16-8-10/h6,8H,2-5,7H2,1H3. The molecule has 1 fully saturated rings. The second kappa shape index (κ2) is 5.24. The molecule has 1 aromatic rings. The third-order valence-electron chi connectivity index (χ3n) is 2.86. The van der Waals surface area contributed by atoms with E-state index in [1.807, 2.05) is 7.05 Å². The van der Waals surface area contributed by atoms with E-state index in [0.29, 0.717) is 23.9 Å². The number of thiophene rings is 1. The lowest BCUT2D eigenvalue weighted by molar-refractivity contribution is 0.222. The van der Waals surface area contributed by atoms with Crippen LogP contribution in [0.3, 0.4) is 0 Å². The molecule has 0 amide bonds. The Morgan fingerprint density at radius 3 is 2.53 bits per heavy atom. The van der Waals surface area contributed by atoms with Crippen LogP contribution in [0.15, 0.2) is 16.3 Å². The number of alkyl halides is 1. The number of sulfonamides is 1. The zero-order valence-corrected chi connectivity index (χ0v) is 12.0. The van der Waals surface area contributed by atoms with Crippen molar-refractivity contribution in [1.29, 1.82) is 0 Å². The van der Waals surface area contributed by atoms with Gasteiger partial charge in [-0.15, -0.1) is 22.9 Å². The Labute approximate surface area is 111 Å². The lowest BCUT2D eigenvalue weighted by atomic mass is 10.4. The van der Waals surface area contributed by atoms with Crippen LogP contribution in [0.1, 0.15) is 4.88 Å². The Bertz CT molecular complexity index is 478. The van der Waals surface area contributed by atoms with E-state index >= 15 is 0 Å². The van der Waals surface area contributed by atoms with Gasteiger partial charge in [0.05, 0.1) is 10.8 Å². The molecule has 0 atom stereocenters. The lowest BCUT2D eigenvalue weighted by Crippen LogP contribution is -2.46. The summed E-state index contributed by atoms with van der Waals surface area (Å²) < 4.78 is 26.1. The second-order valence-electron chi connectivity index (χ2n) is 4.09. The van der Waals surface area contributed by atoms with Gasteiger partial charge in [-0.1, -0.05) is 0 Å². The Balaban J connectivity index is 2.18. The SMILES string of the molecule is CN1CCN(S(=O)(=O)c2csc(CCl)c2)CC1. The zero-order valence-electron chi connectivity index (χ0n) is 9.60. The van der Waals surface area contributed by atoms with Crippen LogP contribution < -0.4 is 0 Å². The van der Waals surface area contributed by atoms with Crippen LogP contribution in [0.25, 0.3) is 0 Å². The van der Waals surface area contributed by atoms with Gasteiger partial charge in [0, 0.05) is 36.4 Å². The molecule has 0 radical (unpaired) electrons. The molecule has 4 nitrogen and oxygen atoms in total. The molecule has 7 heteroatoms. The van der Waals surface area contributed by atoms with Crippen molar-refractivity contribution in [1.82, 2.24) is 9.21 Å². The molecule has 2 heterocycles. The van der Waals surface area contributed by atoms with Crippen molar-refractivity contribution in [3.05, 3.63) is 16.3 Å². The maximum Gasteiger partial charge on any atom is 0.243 e. The third kappa shape index (κ3) is 2.82. The van der Waals surface area contributed by atoms with Gasteiger partial charge in [0.25, 0.3) is 0 Å². The van der Waals surface area contributed by atoms with Crippen LogP contribution in [0.2, 0.25) is 0 Å². The van der Waals surface area contributed by atoms with Crippen LogP contribution in [-0.4, -0.2) is 50.8 Å². The highest BCUT2D eigenvalue weighted by atomic mass is 35.5. The summed E-state index contributed by atoms with van der Waals surface area (Å²) in [4.78, 5) is 3.39. The summed E-state index contributed by atoms with van der Waals surface area (Å²) in [5.74, 6) is 0.364. The molecule has 0 N–H and O–H groups in total. The zero-order chi connectivity index (χ0) is 12.5. The van der Waals surface area contributed by atoms with Crippen molar-refractivity contribution >= 4 is 33.0 Å². The molecule has 2 rings (SSSR count). The predicted molar refractivity (Wildman–Crippen MR) is 70.1 cm³/mol. The van der Waals surface area contributed by atoms with Crippen molar-refractivity contribution in [2.75, 3.05) is 33.2 Å². The fraction of sp³-hybridized carbons (Fsp3) is 0.600. The minimum atomic E-state index is -3.32. The van der Waals surface area contributed by atoms with Gasteiger partial charge in [-0.25, -0.2) is 8.42 Å². The molecule has 96 valence electrons. The van der Waals surface area contributed by atoms with Gasteiger partial charge >= 0.3 is 0 Å².